The van der Waals surface area contributed by atoms with E-state index < -0.39 is 0 Å². The van der Waals surface area contributed by atoms with Crippen molar-refractivity contribution in [2.24, 2.45) is 0 Å². The van der Waals surface area contributed by atoms with Gasteiger partial charge in [0.05, 0.1) is 10.6 Å². The SMILES string of the molecule is O=C(c1ccc(Oc2ccccc2)nc1)N1CCN(c2ncccc2Cl)CC1. The van der Waals surface area contributed by atoms with E-state index in [9.17, 15) is 4.79 Å². The average Bonchev–Trinajstić information content (AvgIpc) is 2.75. The number of aromatic nitrogens is 2. The molecule has 7 heteroatoms. The molecule has 0 bridgehead atoms. The molecule has 0 saturated carbocycles. The van der Waals surface area contributed by atoms with Gasteiger partial charge in [0.15, 0.2) is 0 Å². The molecule has 1 amide bonds. The number of piperazine rings is 1. The summed E-state index contributed by atoms with van der Waals surface area (Å²) in [5.74, 6) is 1.89. The van der Waals surface area contributed by atoms with Crippen LogP contribution in [-0.4, -0.2) is 47.0 Å². The van der Waals surface area contributed by atoms with Crippen LogP contribution in [0, 0.1) is 0 Å². The monoisotopic (exact) mass is 394 g/mol. The first kappa shape index (κ1) is 18.3. The fourth-order valence-corrected chi connectivity index (χ4v) is 3.33. The number of hydrogen-bond donors (Lipinski definition) is 0. The van der Waals surface area contributed by atoms with Crippen LogP contribution in [0.5, 0.6) is 11.6 Å². The average molecular weight is 395 g/mol. The summed E-state index contributed by atoms with van der Waals surface area (Å²) in [6, 6.07) is 16.5. The fraction of sp³-hybridized carbons (Fsp3) is 0.190. The number of anilines is 1. The Morgan fingerprint density at radius 3 is 2.39 bits per heavy atom. The van der Waals surface area contributed by atoms with Crippen molar-refractivity contribution in [3.63, 3.8) is 0 Å². The number of halogens is 1. The van der Waals surface area contributed by atoms with Crippen molar-refractivity contribution in [1.29, 1.82) is 0 Å². The number of hydrogen-bond acceptors (Lipinski definition) is 5. The van der Waals surface area contributed by atoms with Gasteiger partial charge < -0.3 is 14.5 Å². The van der Waals surface area contributed by atoms with Gasteiger partial charge in [0.1, 0.15) is 11.6 Å². The Kier molecular flexibility index (Phi) is 5.39. The van der Waals surface area contributed by atoms with Gasteiger partial charge in [-0.3, -0.25) is 4.79 Å². The van der Waals surface area contributed by atoms with Gasteiger partial charge in [-0.2, -0.15) is 0 Å². The maximum atomic E-state index is 12.8. The van der Waals surface area contributed by atoms with Crippen LogP contribution >= 0.6 is 11.6 Å². The third-order valence-corrected chi connectivity index (χ3v) is 4.85. The van der Waals surface area contributed by atoms with Crippen molar-refractivity contribution in [3.8, 4) is 11.6 Å². The Labute approximate surface area is 168 Å². The Hall–Kier alpha value is -3.12. The number of benzene rings is 1. The van der Waals surface area contributed by atoms with Crippen LogP contribution in [0.4, 0.5) is 5.82 Å². The molecule has 6 nitrogen and oxygen atoms in total. The topological polar surface area (TPSA) is 58.6 Å². The molecular weight excluding hydrogens is 376 g/mol. The predicted octanol–water partition coefficient (Wildman–Crippen LogP) is 3.88. The lowest BCUT2D eigenvalue weighted by atomic mass is 10.2. The highest BCUT2D eigenvalue weighted by atomic mass is 35.5. The molecule has 142 valence electrons. The van der Waals surface area contributed by atoms with Crippen molar-refractivity contribution in [1.82, 2.24) is 14.9 Å². The van der Waals surface area contributed by atoms with E-state index >= 15 is 0 Å². The highest BCUT2D eigenvalue weighted by molar-refractivity contribution is 6.32. The van der Waals surface area contributed by atoms with Crippen molar-refractivity contribution in [2.45, 2.75) is 0 Å². The molecule has 1 aromatic carbocycles. The van der Waals surface area contributed by atoms with Crippen molar-refractivity contribution in [2.75, 3.05) is 31.1 Å². The second-order valence-corrected chi connectivity index (χ2v) is 6.80. The highest BCUT2D eigenvalue weighted by Gasteiger charge is 2.24. The van der Waals surface area contributed by atoms with Gasteiger partial charge in [0, 0.05) is 44.6 Å². The summed E-state index contributed by atoms with van der Waals surface area (Å²) in [7, 11) is 0. The molecule has 3 heterocycles. The molecule has 0 unspecified atom stereocenters. The molecule has 0 atom stereocenters. The summed E-state index contributed by atoms with van der Waals surface area (Å²) in [5, 5.41) is 0.625. The van der Waals surface area contributed by atoms with Crippen LogP contribution in [0.25, 0.3) is 0 Å². The minimum Gasteiger partial charge on any atom is -0.439 e. The molecule has 0 aliphatic carbocycles. The van der Waals surface area contributed by atoms with Gasteiger partial charge in [-0.1, -0.05) is 29.8 Å². The molecule has 1 fully saturated rings. The van der Waals surface area contributed by atoms with Gasteiger partial charge in [-0.05, 0) is 30.3 Å². The molecule has 3 aromatic rings. The maximum absolute atomic E-state index is 12.8. The lowest BCUT2D eigenvalue weighted by Crippen LogP contribution is -2.49. The zero-order chi connectivity index (χ0) is 19.3. The molecule has 1 aliphatic rings. The molecule has 1 aliphatic heterocycles. The lowest BCUT2D eigenvalue weighted by Gasteiger charge is -2.35. The van der Waals surface area contributed by atoms with E-state index in [1.807, 2.05) is 47.4 Å². The molecule has 0 spiro atoms. The molecule has 2 aromatic heterocycles. The fourth-order valence-electron chi connectivity index (χ4n) is 3.09. The number of rotatable bonds is 4. The van der Waals surface area contributed by atoms with Crippen LogP contribution in [-0.2, 0) is 0 Å². The summed E-state index contributed by atoms with van der Waals surface area (Å²) >= 11 is 6.22. The molecule has 0 N–H and O–H groups in total. The summed E-state index contributed by atoms with van der Waals surface area (Å²) in [6.45, 7) is 2.58. The van der Waals surface area contributed by atoms with Gasteiger partial charge in [0.25, 0.3) is 5.91 Å². The second-order valence-electron chi connectivity index (χ2n) is 6.39. The van der Waals surface area contributed by atoms with E-state index in [2.05, 4.69) is 14.9 Å². The molecule has 1 saturated heterocycles. The third kappa shape index (κ3) is 4.07. The van der Waals surface area contributed by atoms with Crippen LogP contribution in [0.3, 0.4) is 0 Å². The number of carbonyl (C=O) groups excluding carboxylic acids is 1. The van der Waals surface area contributed by atoms with Crippen molar-refractivity contribution < 1.29 is 9.53 Å². The zero-order valence-electron chi connectivity index (χ0n) is 15.2. The number of nitrogens with zero attached hydrogens (tertiary/aromatic N) is 4. The first-order valence-electron chi connectivity index (χ1n) is 9.04. The highest BCUT2D eigenvalue weighted by Crippen LogP contribution is 2.24. The molecule has 0 radical (unpaired) electrons. The Bertz CT molecular complexity index is 942. The normalized spacial score (nSPS) is 14.0. The van der Waals surface area contributed by atoms with Crippen molar-refractivity contribution in [3.05, 3.63) is 77.6 Å². The summed E-state index contributed by atoms with van der Waals surface area (Å²) in [6.07, 6.45) is 3.28. The van der Waals surface area contributed by atoms with E-state index in [4.69, 9.17) is 16.3 Å². The maximum Gasteiger partial charge on any atom is 0.255 e. The first-order valence-corrected chi connectivity index (χ1v) is 9.42. The zero-order valence-corrected chi connectivity index (χ0v) is 15.9. The smallest absolute Gasteiger partial charge is 0.255 e. The van der Waals surface area contributed by atoms with E-state index in [0.29, 0.717) is 48.4 Å². The third-order valence-electron chi connectivity index (χ3n) is 4.55. The minimum absolute atomic E-state index is 0.0365. The number of amides is 1. The van der Waals surface area contributed by atoms with Crippen LogP contribution in [0.1, 0.15) is 10.4 Å². The lowest BCUT2D eigenvalue weighted by molar-refractivity contribution is 0.0746. The van der Waals surface area contributed by atoms with E-state index in [1.54, 1.807) is 24.5 Å². The van der Waals surface area contributed by atoms with Gasteiger partial charge in [-0.25, -0.2) is 9.97 Å². The number of pyridine rings is 2. The van der Waals surface area contributed by atoms with Gasteiger partial charge >= 0.3 is 0 Å². The number of carbonyl (C=O) groups is 1. The quantitative estimate of drug-likeness (QED) is 0.672. The Morgan fingerprint density at radius 1 is 0.929 bits per heavy atom. The number of para-hydroxylation sites is 1. The molecular formula is C21H19ClN4O2. The summed E-state index contributed by atoms with van der Waals surface area (Å²) < 4.78 is 5.67. The molecule has 4 rings (SSSR count). The van der Waals surface area contributed by atoms with E-state index in [0.717, 1.165) is 5.82 Å². The number of ether oxygens (including phenoxy) is 1. The van der Waals surface area contributed by atoms with E-state index in [1.165, 1.54) is 0 Å². The predicted molar refractivity (Wildman–Crippen MR) is 108 cm³/mol. The van der Waals surface area contributed by atoms with Crippen LogP contribution in [0.15, 0.2) is 67.0 Å². The van der Waals surface area contributed by atoms with Crippen molar-refractivity contribution >= 4 is 23.3 Å². The minimum atomic E-state index is -0.0365. The largest absolute Gasteiger partial charge is 0.439 e. The Balaban J connectivity index is 1.37. The standard InChI is InChI=1S/C21H19ClN4O2/c22-18-7-4-10-23-20(18)25-11-13-26(14-12-25)21(27)16-8-9-19(24-15-16)28-17-5-2-1-3-6-17/h1-10,15H,11-14H2. The second kappa shape index (κ2) is 8.27. The van der Waals surface area contributed by atoms with Crippen LogP contribution in [0.2, 0.25) is 5.02 Å². The Morgan fingerprint density at radius 2 is 1.71 bits per heavy atom. The van der Waals surface area contributed by atoms with Gasteiger partial charge in [0.2, 0.25) is 5.88 Å². The van der Waals surface area contributed by atoms with Crippen LogP contribution < -0.4 is 9.64 Å². The molecule has 28 heavy (non-hydrogen) atoms. The van der Waals surface area contributed by atoms with Gasteiger partial charge in [-0.15, -0.1) is 0 Å². The summed E-state index contributed by atoms with van der Waals surface area (Å²) in [5.41, 5.74) is 0.546. The first-order chi connectivity index (χ1) is 13.7. The van der Waals surface area contributed by atoms with E-state index in [-0.39, 0.29) is 5.91 Å². The summed E-state index contributed by atoms with van der Waals surface area (Å²) in [4.78, 5) is 25.3.